The van der Waals surface area contributed by atoms with Gasteiger partial charge in [-0.2, -0.15) is 11.8 Å². The van der Waals surface area contributed by atoms with Gasteiger partial charge in [0.25, 0.3) is 5.56 Å². The minimum atomic E-state index is -0.0235. The summed E-state index contributed by atoms with van der Waals surface area (Å²) in [5.41, 5.74) is 1.24. The molecule has 2 fully saturated rings. The smallest absolute Gasteiger partial charge is 0.251 e. The molecular weight excluding hydrogens is 334 g/mol. The zero-order valence-electron chi connectivity index (χ0n) is 14.8. The highest BCUT2D eigenvalue weighted by atomic mass is 32.2. The van der Waals surface area contributed by atoms with Gasteiger partial charge < -0.3 is 9.88 Å². The number of likely N-dealkylation sites (tertiary alicyclic amines) is 1. The molecule has 0 aliphatic carbocycles. The Balaban J connectivity index is 1.64. The summed E-state index contributed by atoms with van der Waals surface area (Å²) in [6, 6.07) is 6.42. The van der Waals surface area contributed by atoms with Gasteiger partial charge in [0.2, 0.25) is 5.91 Å². The first-order valence-electron chi connectivity index (χ1n) is 9.41. The second kappa shape index (κ2) is 7.16. The number of amides is 1. The minimum absolute atomic E-state index is 0.0235. The van der Waals surface area contributed by atoms with Gasteiger partial charge in [-0.1, -0.05) is 6.07 Å². The normalized spacial score (nSPS) is 29.9. The van der Waals surface area contributed by atoms with E-state index < -0.39 is 0 Å². The quantitative estimate of drug-likeness (QED) is 0.893. The molecule has 1 N–H and O–H groups in total. The molecule has 0 saturated carbocycles. The molecule has 4 heterocycles. The van der Waals surface area contributed by atoms with E-state index in [1.54, 1.807) is 13.0 Å². The first-order chi connectivity index (χ1) is 12.1. The Labute approximate surface area is 153 Å². The average Bonchev–Trinajstić information content (AvgIpc) is 2.62. The molecule has 3 atom stereocenters. The Morgan fingerprint density at radius 1 is 1.28 bits per heavy atom. The maximum atomic E-state index is 12.6. The van der Waals surface area contributed by atoms with Gasteiger partial charge in [-0.25, -0.2) is 0 Å². The number of nitrogens with one attached hydrogen (secondary N) is 1. The number of hydrogen-bond acceptors (Lipinski definition) is 4. The molecule has 0 aromatic carbocycles. The maximum absolute atomic E-state index is 12.6. The Morgan fingerprint density at radius 3 is 2.84 bits per heavy atom. The molecule has 0 unspecified atom stereocenters. The van der Waals surface area contributed by atoms with Crippen LogP contribution < -0.4 is 10.9 Å². The topological polar surface area (TPSA) is 54.3 Å². The van der Waals surface area contributed by atoms with Gasteiger partial charge in [-0.3, -0.25) is 14.5 Å². The van der Waals surface area contributed by atoms with Gasteiger partial charge in [-0.15, -0.1) is 0 Å². The number of piperidine rings is 1. The molecule has 2 bridgehead atoms. The third-order valence-electron chi connectivity index (χ3n) is 6.09. The van der Waals surface area contributed by atoms with E-state index in [0.29, 0.717) is 24.4 Å². The van der Waals surface area contributed by atoms with Crippen molar-refractivity contribution in [2.24, 2.45) is 5.92 Å². The van der Waals surface area contributed by atoms with Crippen molar-refractivity contribution < 1.29 is 4.79 Å². The molecule has 1 aromatic heterocycles. The summed E-state index contributed by atoms with van der Waals surface area (Å²) in [4.78, 5) is 26.7. The summed E-state index contributed by atoms with van der Waals surface area (Å²) in [7, 11) is 0. The number of carbonyl (C=O) groups excluding carboxylic acids is 1. The van der Waals surface area contributed by atoms with Crippen molar-refractivity contribution in [3.05, 3.63) is 34.2 Å². The van der Waals surface area contributed by atoms with Gasteiger partial charge in [0.05, 0.1) is 6.04 Å². The highest BCUT2D eigenvalue weighted by molar-refractivity contribution is 7.99. The molecule has 0 spiro atoms. The fourth-order valence-electron chi connectivity index (χ4n) is 4.94. The van der Waals surface area contributed by atoms with E-state index in [1.165, 1.54) is 24.3 Å². The van der Waals surface area contributed by atoms with Crippen molar-refractivity contribution in [2.45, 2.75) is 44.2 Å². The van der Waals surface area contributed by atoms with Crippen LogP contribution in [0.3, 0.4) is 0 Å². The third kappa shape index (κ3) is 3.38. The Morgan fingerprint density at radius 2 is 2.08 bits per heavy atom. The van der Waals surface area contributed by atoms with E-state index in [9.17, 15) is 9.59 Å². The molecule has 1 aromatic rings. The van der Waals surface area contributed by atoms with Gasteiger partial charge in [0.15, 0.2) is 0 Å². The predicted octanol–water partition coefficient (Wildman–Crippen LogP) is 1.84. The molecule has 25 heavy (non-hydrogen) atoms. The van der Waals surface area contributed by atoms with Gasteiger partial charge >= 0.3 is 0 Å². The fraction of sp³-hybridized carbons (Fsp3) is 0.684. The molecule has 1 amide bonds. The minimum Gasteiger partial charge on any atom is -0.354 e. The summed E-state index contributed by atoms with van der Waals surface area (Å²) >= 11 is 2.07. The maximum Gasteiger partial charge on any atom is 0.251 e. The second-order valence-corrected chi connectivity index (χ2v) is 8.88. The van der Waals surface area contributed by atoms with Gasteiger partial charge in [0, 0.05) is 50.3 Å². The van der Waals surface area contributed by atoms with Gasteiger partial charge in [-0.05, 0) is 42.8 Å². The number of thioether (sulfide) groups is 1. The molecule has 0 radical (unpaired) electrons. The van der Waals surface area contributed by atoms with Crippen LogP contribution in [0.15, 0.2) is 23.0 Å². The first-order valence-corrected chi connectivity index (χ1v) is 10.6. The summed E-state index contributed by atoms with van der Waals surface area (Å²) in [6.45, 7) is 4.23. The molecule has 4 rings (SSSR count). The molecule has 3 aliphatic rings. The number of fused-ring (bicyclic) bond motifs is 4. The fourth-order valence-corrected chi connectivity index (χ4v) is 6.02. The SMILES string of the molecule is CC(=O)NC[C@H]1[C@H]2C[C@H](CN(C3CCSCC3)C2)c2cccc(=O)n21. The molecular formula is C19H27N3O2S. The molecule has 136 valence electrons. The van der Waals surface area contributed by atoms with Crippen LogP contribution in [0, 0.1) is 5.92 Å². The van der Waals surface area contributed by atoms with Crippen LogP contribution in [0.25, 0.3) is 0 Å². The van der Waals surface area contributed by atoms with Crippen LogP contribution in [0.4, 0.5) is 0 Å². The van der Waals surface area contributed by atoms with Crippen LogP contribution in [-0.4, -0.2) is 52.6 Å². The van der Waals surface area contributed by atoms with E-state index in [-0.39, 0.29) is 17.5 Å². The number of pyridine rings is 1. The number of carbonyl (C=O) groups is 1. The van der Waals surface area contributed by atoms with Crippen LogP contribution in [0.2, 0.25) is 0 Å². The highest BCUT2D eigenvalue weighted by Gasteiger charge is 2.42. The molecule has 6 heteroatoms. The number of aromatic nitrogens is 1. The number of nitrogens with zero attached hydrogens (tertiary/aromatic N) is 2. The summed E-state index contributed by atoms with van der Waals surface area (Å²) in [6.07, 6.45) is 3.69. The predicted molar refractivity (Wildman–Crippen MR) is 101 cm³/mol. The second-order valence-electron chi connectivity index (χ2n) is 7.65. The zero-order valence-corrected chi connectivity index (χ0v) is 15.6. The molecule has 3 aliphatic heterocycles. The van der Waals surface area contributed by atoms with Crippen LogP contribution in [-0.2, 0) is 4.79 Å². The summed E-state index contributed by atoms with van der Waals surface area (Å²) < 4.78 is 1.98. The van der Waals surface area contributed by atoms with Gasteiger partial charge in [0.1, 0.15) is 0 Å². The van der Waals surface area contributed by atoms with Crippen LogP contribution in [0.1, 0.15) is 43.8 Å². The Kier molecular flexibility index (Phi) is 4.91. The lowest BCUT2D eigenvalue weighted by Gasteiger charge is -2.49. The van der Waals surface area contributed by atoms with Crippen LogP contribution >= 0.6 is 11.8 Å². The van der Waals surface area contributed by atoms with Crippen LogP contribution in [0.5, 0.6) is 0 Å². The largest absolute Gasteiger partial charge is 0.354 e. The zero-order chi connectivity index (χ0) is 17.4. The average molecular weight is 362 g/mol. The Hall–Kier alpha value is -1.27. The lowest BCUT2D eigenvalue weighted by atomic mass is 9.77. The van der Waals surface area contributed by atoms with Crippen molar-refractivity contribution in [1.29, 1.82) is 0 Å². The number of rotatable bonds is 3. The standard InChI is InChI=1S/C19H27N3O2S/c1-13(23)20-10-18-15-9-14(17-3-2-4-19(24)22(17)18)11-21(12-15)16-5-7-25-8-6-16/h2-4,14-16,18H,5-12H2,1H3,(H,20,23)/t14-,15+,18+/m1/s1. The Bertz CT molecular complexity index is 698. The highest BCUT2D eigenvalue weighted by Crippen LogP contribution is 2.42. The summed E-state index contributed by atoms with van der Waals surface area (Å²) in [5, 5.41) is 2.96. The van der Waals surface area contributed by atoms with E-state index in [4.69, 9.17) is 0 Å². The van der Waals surface area contributed by atoms with E-state index >= 15 is 0 Å². The number of hydrogen-bond donors (Lipinski definition) is 1. The lowest BCUT2D eigenvalue weighted by molar-refractivity contribution is -0.119. The lowest BCUT2D eigenvalue weighted by Crippen LogP contribution is -2.54. The van der Waals surface area contributed by atoms with Crippen molar-refractivity contribution in [3.63, 3.8) is 0 Å². The molecule has 2 saturated heterocycles. The summed E-state index contributed by atoms with van der Waals surface area (Å²) in [5.74, 6) is 3.39. The van der Waals surface area contributed by atoms with Crippen molar-refractivity contribution >= 4 is 17.7 Å². The monoisotopic (exact) mass is 361 g/mol. The van der Waals surface area contributed by atoms with Crippen molar-refractivity contribution in [3.8, 4) is 0 Å². The van der Waals surface area contributed by atoms with Crippen molar-refractivity contribution in [1.82, 2.24) is 14.8 Å². The molecule has 5 nitrogen and oxygen atoms in total. The van der Waals surface area contributed by atoms with Crippen molar-refractivity contribution in [2.75, 3.05) is 31.1 Å². The van der Waals surface area contributed by atoms with E-state index in [1.807, 2.05) is 10.6 Å². The van der Waals surface area contributed by atoms with E-state index in [2.05, 4.69) is 28.0 Å². The third-order valence-corrected chi connectivity index (χ3v) is 7.14. The van der Waals surface area contributed by atoms with E-state index in [0.717, 1.165) is 25.2 Å². The first kappa shape index (κ1) is 17.2.